The number of sulfonamides is 1. The van der Waals surface area contributed by atoms with Crippen LogP contribution in [0.3, 0.4) is 0 Å². The number of hydrogen-bond donors (Lipinski definition) is 2. The predicted molar refractivity (Wildman–Crippen MR) is 132 cm³/mol. The Morgan fingerprint density at radius 3 is 2.41 bits per heavy atom. The molecule has 5 nitrogen and oxygen atoms in total. The van der Waals surface area contributed by atoms with Crippen molar-refractivity contribution < 1.29 is 13.5 Å². The van der Waals surface area contributed by atoms with Gasteiger partial charge in [-0.1, -0.05) is 71.9 Å². The average molecular weight is 499 g/mol. The molecule has 0 spiro atoms. The maximum atomic E-state index is 13.1. The molecule has 0 atom stereocenters. The summed E-state index contributed by atoms with van der Waals surface area (Å²) in [6.45, 7) is 0. The van der Waals surface area contributed by atoms with Crippen LogP contribution < -0.4 is 4.72 Å². The third-order valence-corrected chi connectivity index (χ3v) is 8.82. The summed E-state index contributed by atoms with van der Waals surface area (Å²) in [5.41, 5.74) is 1.22. The molecule has 0 saturated heterocycles. The van der Waals surface area contributed by atoms with Crippen molar-refractivity contribution in [2.45, 2.75) is 14.1 Å². The van der Waals surface area contributed by atoms with Crippen molar-refractivity contribution in [2.75, 3.05) is 4.72 Å². The number of benzene rings is 4. The Kier molecular flexibility index (Phi) is 5.46. The number of fused-ring (bicyclic) bond motifs is 2. The maximum Gasteiger partial charge on any atom is 0.263 e. The van der Waals surface area contributed by atoms with Crippen molar-refractivity contribution in [3.05, 3.63) is 83.9 Å². The zero-order chi connectivity index (χ0) is 22.3. The first-order valence-corrected chi connectivity index (χ1v) is 13.0. The van der Waals surface area contributed by atoms with Gasteiger partial charge in [-0.15, -0.1) is 11.3 Å². The van der Waals surface area contributed by atoms with Gasteiger partial charge >= 0.3 is 0 Å². The van der Waals surface area contributed by atoms with Gasteiger partial charge < -0.3 is 5.11 Å². The van der Waals surface area contributed by atoms with Gasteiger partial charge in [0.25, 0.3) is 10.0 Å². The first-order valence-electron chi connectivity index (χ1n) is 9.48. The number of anilines is 1. The highest BCUT2D eigenvalue weighted by atomic mass is 35.5. The molecular weight excluding hydrogens is 484 g/mol. The van der Waals surface area contributed by atoms with Crippen LogP contribution in [0.1, 0.15) is 0 Å². The van der Waals surface area contributed by atoms with E-state index in [2.05, 4.69) is 9.71 Å². The molecule has 0 aliphatic heterocycles. The van der Waals surface area contributed by atoms with Gasteiger partial charge in [0.15, 0.2) is 4.34 Å². The number of rotatable bonds is 5. The Morgan fingerprint density at radius 2 is 1.62 bits per heavy atom. The highest BCUT2D eigenvalue weighted by Crippen LogP contribution is 2.44. The summed E-state index contributed by atoms with van der Waals surface area (Å²) < 4.78 is 30.6. The fourth-order valence-electron chi connectivity index (χ4n) is 3.35. The Bertz CT molecular complexity index is 1550. The summed E-state index contributed by atoms with van der Waals surface area (Å²) in [5.74, 6) is 0.0746. The largest absolute Gasteiger partial charge is 0.506 e. The fraction of sp³-hybridized carbons (Fsp3) is 0. The van der Waals surface area contributed by atoms with Gasteiger partial charge in [0, 0.05) is 10.8 Å². The van der Waals surface area contributed by atoms with Crippen LogP contribution in [-0.4, -0.2) is 18.5 Å². The van der Waals surface area contributed by atoms with Crippen LogP contribution in [0.25, 0.3) is 21.0 Å². The van der Waals surface area contributed by atoms with Crippen molar-refractivity contribution in [3.63, 3.8) is 0 Å². The molecule has 32 heavy (non-hydrogen) atoms. The monoisotopic (exact) mass is 498 g/mol. The number of thiazole rings is 1. The summed E-state index contributed by atoms with van der Waals surface area (Å²) in [6, 6.07) is 22.8. The lowest BCUT2D eigenvalue weighted by atomic mass is 10.1. The van der Waals surface area contributed by atoms with E-state index < -0.39 is 10.0 Å². The van der Waals surface area contributed by atoms with E-state index in [9.17, 15) is 13.5 Å². The third-order valence-electron chi connectivity index (χ3n) is 4.82. The standard InChI is InChI=1S/C23H15ClN2O3S3/c24-16-9-3-6-12-21(16)32(28,29)26-18-13-20(22(27)15-8-2-1-7-14(15)18)31-23-25-17-10-4-5-11-19(17)30-23/h1-13,26-27H. The van der Waals surface area contributed by atoms with Crippen LogP contribution >= 0.6 is 34.7 Å². The number of phenols is 1. The van der Waals surface area contributed by atoms with E-state index in [1.165, 1.54) is 35.2 Å². The second-order valence-corrected chi connectivity index (χ2v) is 11.3. The number of hydrogen-bond acceptors (Lipinski definition) is 6. The second-order valence-electron chi connectivity index (χ2n) is 6.90. The van der Waals surface area contributed by atoms with Gasteiger partial charge in [-0.25, -0.2) is 13.4 Å². The first kappa shape index (κ1) is 21.1. The smallest absolute Gasteiger partial charge is 0.263 e. The summed E-state index contributed by atoms with van der Waals surface area (Å²) in [6.07, 6.45) is 0. The van der Waals surface area contributed by atoms with Crippen LogP contribution in [0.5, 0.6) is 5.75 Å². The number of para-hydroxylation sites is 1. The van der Waals surface area contributed by atoms with E-state index >= 15 is 0 Å². The zero-order valence-corrected chi connectivity index (χ0v) is 19.5. The zero-order valence-electron chi connectivity index (χ0n) is 16.3. The second kappa shape index (κ2) is 8.29. The molecule has 0 aliphatic rings. The quantitative estimate of drug-likeness (QED) is 0.262. The molecule has 1 aromatic heterocycles. The molecule has 5 rings (SSSR count). The molecule has 160 valence electrons. The summed E-state index contributed by atoms with van der Waals surface area (Å²) >= 11 is 8.92. The SMILES string of the molecule is O=S(=O)(Nc1cc(Sc2nc3ccccc3s2)c(O)c2ccccc12)c1ccccc1Cl. The molecule has 0 unspecified atom stereocenters. The number of aromatic hydroxyl groups is 1. The van der Waals surface area contributed by atoms with Gasteiger partial charge in [0.1, 0.15) is 10.6 Å². The molecule has 9 heteroatoms. The van der Waals surface area contributed by atoms with Crippen molar-refractivity contribution in [1.82, 2.24) is 4.98 Å². The van der Waals surface area contributed by atoms with Crippen LogP contribution in [0.15, 0.2) is 93.0 Å². The number of nitrogens with zero attached hydrogens (tertiary/aromatic N) is 1. The van der Waals surface area contributed by atoms with E-state index in [0.717, 1.165) is 14.6 Å². The minimum atomic E-state index is -3.94. The Hall–Kier alpha value is -2.78. The molecule has 0 amide bonds. The number of nitrogens with one attached hydrogen (secondary N) is 1. The topological polar surface area (TPSA) is 79.3 Å². The van der Waals surface area contributed by atoms with Crippen LogP contribution in [0, 0.1) is 0 Å². The number of aromatic nitrogens is 1. The lowest BCUT2D eigenvalue weighted by Gasteiger charge is -2.15. The Morgan fingerprint density at radius 1 is 0.938 bits per heavy atom. The minimum absolute atomic E-state index is 0.0146. The van der Waals surface area contributed by atoms with Gasteiger partial charge in [-0.2, -0.15) is 0 Å². The molecule has 0 aliphatic carbocycles. The van der Waals surface area contributed by atoms with Crippen LogP contribution in [-0.2, 0) is 10.0 Å². The lowest BCUT2D eigenvalue weighted by molar-refractivity contribution is 0.469. The number of halogens is 1. The Labute approximate surface area is 197 Å². The van der Waals surface area contributed by atoms with E-state index in [1.54, 1.807) is 42.5 Å². The molecule has 0 radical (unpaired) electrons. The Balaban J connectivity index is 1.61. The molecule has 0 bridgehead atoms. The average Bonchev–Trinajstić information content (AvgIpc) is 3.19. The molecule has 1 heterocycles. The van der Waals surface area contributed by atoms with Gasteiger partial charge in [-0.05, 0) is 30.3 Å². The normalized spacial score (nSPS) is 11.8. The van der Waals surface area contributed by atoms with Crippen molar-refractivity contribution >= 4 is 71.4 Å². The predicted octanol–water partition coefficient (Wildman–Crippen LogP) is 6.76. The molecule has 0 fully saturated rings. The summed E-state index contributed by atoms with van der Waals surface area (Å²) in [5, 5.41) is 12.2. The van der Waals surface area contributed by atoms with Gasteiger partial charge in [0.2, 0.25) is 0 Å². The van der Waals surface area contributed by atoms with Gasteiger partial charge in [-0.3, -0.25) is 4.72 Å². The molecule has 0 saturated carbocycles. The molecule has 2 N–H and O–H groups in total. The van der Waals surface area contributed by atoms with E-state index in [-0.39, 0.29) is 15.7 Å². The van der Waals surface area contributed by atoms with E-state index in [0.29, 0.717) is 21.4 Å². The molecular formula is C23H15ClN2O3S3. The van der Waals surface area contributed by atoms with Crippen molar-refractivity contribution in [2.24, 2.45) is 0 Å². The highest BCUT2D eigenvalue weighted by molar-refractivity contribution is 8.01. The van der Waals surface area contributed by atoms with E-state index in [4.69, 9.17) is 11.6 Å². The first-order chi connectivity index (χ1) is 15.4. The van der Waals surface area contributed by atoms with Crippen molar-refractivity contribution in [3.8, 4) is 5.75 Å². The highest BCUT2D eigenvalue weighted by Gasteiger charge is 2.21. The summed E-state index contributed by atoms with van der Waals surface area (Å²) in [7, 11) is -3.94. The number of phenolic OH excluding ortho intramolecular Hbond substituents is 1. The maximum absolute atomic E-state index is 13.1. The van der Waals surface area contributed by atoms with E-state index in [1.807, 2.05) is 24.3 Å². The summed E-state index contributed by atoms with van der Waals surface area (Å²) in [4.78, 5) is 5.09. The fourth-order valence-corrected chi connectivity index (χ4v) is 7.06. The lowest BCUT2D eigenvalue weighted by Crippen LogP contribution is -2.13. The van der Waals surface area contributed by atoms with Crippen molar-refractivity contribution in [1.29, 1.82) is 0 Å². The molecule has 5 aromatic rings. The van der Waals surface area contributed by atoms with Crippen LogP contribution in [0.2, 0.25) is 5.02 Å². The third kappa shape index (κ3) is 3.91. The minimum Gasteiger partial charge on any atom is -0.506 e. The van der Waals surface area contributed by atoms with Crippen LogP contribution in [0.4, 0.5) is 5.69 Å². The molecule has 4 aromatic carbocycles. The van der Waals surface area contributed by atoms with Gasteiger partial charge in [0.05, 0.1) is 25.8 Å².